The fourth-order valence-electron chi connectivity index (χ4n) is 3.22. The summed E-state index contributed by atoms with van der Waals surface area (Å²) in [5, 5.41) is 20.9. The molecule has 3 rings (SSSR count). The van der Waals surface area contributed by atoms with Crippen LogP contribution in [0.1, 0.15) is 25.5 Å². The van der Waals surface area contributed by atoms with Crippen molar-refractivity contribution in [3.05, 3.63) is 29.8 Å². The molecule has 134 valence electrons. The van der Waals surface area contributed by atoms with E-state index in [1.165, 1.54) is 40.9 Å². The highest BCUT2D eigenvalue weighted by molar-refractivity contribution is 8.01. The average Bonchev–Trinajstić information content (AvgIpc) is 2.80. The summed E-state index contributed by atoms with van der Waals surface area (Å²) in [4.78, 5) is 37.5. The van der Waals surface area contributed by atoms with Crippen molar-refractivity contribution in [2.75, 3.05) is 0 Å². The SMILES string of the molecule is CC1(C)S[C@@H]2[C@H](NC(=O)[C@H](N)[13c]3[13cH][13cH][13c](O)[13cH][13cH]3)C(=O)N2[C@H]1C(=O)O. The molecule has 8 nitrogen and oxygen atoms in total. The molecule has 9 heteroatoms. The fraction of sp³-hybridized carbons (Fsp3) is 0.438. The van der Waals surface area contributed by atoms with Gasteiger partial charge >= 0.3 is 5.97 Å². The zero-order valence-corrected chi connectivity index (χ0v) is 14.5. The number of hydrogen-bond donors (Lipinski definition) is 4. The van der Waals surface area contributed by atoms with Crippen molar-refractivity contribution < 1.29 is 24.6 Å². The van der Waals surface area contributed by atoms with Gasteiger partial charge in [-0.1, -0.05) is 12.1 Å². The number of aliphatic carboxylic acids is 1. The third-order valence-electron chi connectivity index (χ3n) is 4.51. The highest BCUT2D eigenvalue weighted by atomic mass is 32.2. The molecule has 4 atom stereocenters. The molecule has 2 heterocycles. The number of carbonyl (C=O) groups excluding carboxylic acids is 2. The van der Waals surface area contributed by atoms with Crippen LogP contribution in [0.25, 0.3) is 0 Å². The molecule has 1 aromatic carbocycles. The predicted molar refractivity (Wildman–Crippen MR) is 90.7 cm³/mol. The lowest BCUT2D eigenvalue weighted by molar-refractivity contribution is -0.161. The zero-order valence-electron chi connectivity index (χ0n) is 13.7. The number of fused-ring (bicyclic) bond motifs is 1. The Balaban J connectivity index is 1.70. The fourth-order valence-corrected chi connectivity index (χ4v) is 4.85. The predicted octanol–water partition coefficient (Wildman–Crippen LogP) is 0.0237. The molecular weight excluding hydrogens is 352 g/mol. The van der Waals surface area contributed by atoms with Crippen molar-refractivity contribution in [1.29, 1.82) is 0 Å². The van der Waals surface area contributed by atoms with E-state index in [1.807, 2.05) is 0 Å². The van der Waals surface area contributed by atoms with E-state index >= 15 is 0 Å². The van der Waals surface area contributed by atoms with E-state index in [0.717, 1.165) is 0 Å². The summed E-state index contributed by atoms with van der Waals surface area (Å²) in [5.41, 5.74) is 6.41. The molecule has 2 aliphatic heterocycles. The van der Waals surface area contributed by atoms with E-state index in [1.54, 1.807) is 13.8 Å². The first-order valence-corrected chi connectivity index (χ1v) is 8.59. The topological polar surface area (TPSA) is 133 Å². The number of β-lactam (4-membered cyclic amide) rings is 1. The molecule has 25 heavy (non-hydrogen) atoms. The lowest BCUT2D eigenvalue weighted by atomic mass is 9.96. The molecule has 0 unspecified atom stereocenters. The Morgan fingerprint density at radius 1 is 1.32 bits per heavy atom. The van der Waals surface area contributed by atoms with Gasteiger partial charge in [0, 0.05) is 4.75 Å². The summed E-state index contributed by atoms with van der Waals surface area (Å²) in [5.74, 6) is -1.94. The second-order valence-corrected chi connectivity index (χ2v) is 8.42. The second kappa shape index (κ2) is 5.92. The normalized spacial score (nSPS) is 28.0. The third kappa shape index (κ3) is 2.83. The number of nitrogens with one attached hydrogen (secondary N) is 1. The minimum absolute atomic E-state index is 0.0606. The van der Waals surface area contributed by atoms with Gasteiger partial charge in [-0.3, -0.25) is 9.59 Å². The minimum atomic E-state index is -1.06. The maximum atomic E-state index is 12.3. The number of aromatic hydroxyl groups is 1. The standard InChI is InChI=1S/C16H19N3O5S/c1-16(2)11(15(23)24)19-13(22)10(14(19)25-16)18-12(21)9(17)7-3-5-8(20)6-4-7/h3-6,9-11,14,20H,17H2,1-2H3,(H,18,21)(H,23,24)/t9-,10-,11+,14-/m1/s1/i3+1,4+1,5+1,6+1,7+1,8+1. The summed E-state index contributed by atoms with van der Waals surface area (Å²) < 4.78 is -0.648. The largest absolute Gasteiger partial charge is 0.508 e. The van der Waals surface area contributed by atoms with Crippen molar-refractivity contribution in [3.8, 4) is 5.75 Å². The maximum Gasteiger partial charge on any atom is 0.327 e. The van der Waals surface area contributed by atoms with Crippen LogP contribution in [0, 0.1) is 0 Å². The van der Waals surface area contributed by atoms with Crippen molar-refractivity contribution in [2.45, 2.75) is 42.1 Å². The second-order valence-electron chi connectivity index (χ2n) is 6.65. The Bertz CT molecular complexity index is 736. The number of carboxylic acid groups (broad SMARTS) is 1. The maximum absolute atomic E-state index is 12.3. The Hall–Kier alpha value is -2.26. The summed E-state index contributed by atoms with van der Waals surface area (Å²) >= 11 is 1.35. The smallest absolute Gasteiger partial charge is 0.327 e. The number of hydrogen-bond acceptors (Lipinski definition) is 6. The number of phenolic OH excluding ortho intramolecular Hbond substituents is 1. The van der Waals surface area contributed by atoms with E-state index in [9.17, 15) is 24.6 Å². The number of nitrogens with zero attached hydrogens (tertiary/aromatic N) is 1. The highest BCUT2D eigenvalue weighted by Gasteiger charge is 2.64. The lowest BCUT2D eigenvalue weighted by Gasteiger charge is -2.43. The van der Waals surface area contributed by atoms with Gasteiger partial charge < -0.3 is 26.2 Å². The summed E-state index contributed by atoms with van der Waals surface area (Å²) in [6.07, 6.45) is 0. The molecule has 0 spiro atoms. The van der Waals surface area contributed by atoms with E-state index in [0.29, 0.717) is 5.56 Å². The molecule has 5 N–H and O–H groups in total. The highest BCUT2D eigenvalue weighted by Crippen LogP contribution is 2.50. The molecule has 0 radical (unpaired) electrons. The van der Waals surface area contributed by atoms with E-state index < -0.39 is 46.0 Å². The quantitative estimate of drug-likeness (QED) is 0.549. The van der Waals surface area contributed by atoms with Crippen LogP contribution in [-0.4, -0.2) is 55.1 Å². The van der Waals surface area contributed by atoms with Crippen LogP contribution in [0.15, 0.2) is 24.3 Å². The van der Waals surface area contributed by atoms with E-state index in [4.69, 9.17) is 5.73 Å². The summed E-state index contributed by atoms with van der Waals surface area (Å²) in [6.45, 7) is 3.53. The molecule has 2 amide bonds. The van der Waals surface area contributed by atoms with Gasteiger partial charge in [0.05, 0.1) is 0 Å². The van der Waals surface area contributed by atoms with Gasteiger partial charge in [-0.2, -0.15) is 0 Å². The van der Waals surface area contributed by atoms with Gasteiger partial charge in [0.1, 0.15) is 29.2 Å². The number of rotatable bonds is 4. The summed E-state index contributed by atoms with van der Waals surface area (Å²) in [6, 6.07) is 3.21. The lowest BCUT2D eigenvalue weighted by Crippen LogP contribution is -2.71. The summed E-state index contributed by atoms with van der Waals surface area (Å²) in [7, 11) is 0. The van der Waals surface area contributed by atoms with Gasteiger partial charge in [-0.05, 0) is 31.5 Å². The van der Waals surface area contributed by atoms with E-state index in [2.05, 4.69) is 5.32 Å². The molecule has 0 aliphatic carbocycles. The van der Waals surface area contributed by atoms with Crippen LogP contribution < -0.4 is 11.1 Å². The van der Waals surface area contributed by atoms with E-state index in [-0.39, 0.29) is 5.75 Å². The molecule has 0 aromatic heterocycles. The number of nitrogens with two attached hydrogens (primary N) is 1. The number of amides is 2. The van der Waals surface area contributed by atoms with Crippen LogP contribution in [0.5, 0.6) is 5.75 Å². The minimum Gasteiger partial charge on any atom is -0.508 e. The number of thioether (sulfide) groups is 1. The Morgan fingerprint density at radius 2 is 1.92 bits per heavy atom. The van der Waals surface area contributed by atoms with Crippen LogP contribution in [0.4, 0.5) is 0 Å². The number of benzene rings is 1. The Morgan fingerprint density at radius 3 is 2.48 bits per heavy atom. The van der Waals surface area contributed by atoms with Crippen LogP contribution >= 0.6 is 11.8 Å². The van der Waals surface area contributed by atoms with Gasteiger partial charge in [-0.15, -0.1) is 11.8 Å². The molecule has 2 aliphatic rings. The first-order chi connectivity index (χ1) is 11.6. The molecule has 2 saturated heterocycles. The Kier molecular flexibility index (Phi) is 4.16. The van der Waals surface area contributed by atoms with Crippen molar-refractivity contribution in [1.82, 2.24) is 10.2 Å². The number of phenols is 1. The molecule has 0 saturated carbocycles. The van der Waals surface area contributed by atoms with Crippen molar-refractivity contribution in [3.63, 3.8) is 0 Å². The van der Waals surface area contributed by atoms with Crippen LogP contribution in [0.3, 0.4) is 0 Å². The third-order valence-corrected chi connectivity index (χ3v) is 6.08. The molecule has 2 fully saturated rings. The molecule has 1 aromatic rings. The van der Waals surface area contributed by atoms with Gasteiger partial charge in [-0.25, -0.2) is 4.79 Å². The van der Waals surface area contributed by atoms with Crippen molar-refractivity contribution in [2.24, 2.45) is 5.73 Å². The molecule has 0 bridgehead atoms. The Labute approximate surface area is 148 Å². The number of carboxylic acids is 1. The van der Waals surface area contributed by atoms with Crippen LogP contribution in [-0.2, 0) is 14.4 Å². The zero-order chi connectivity index (χ0) is 18.5. The van der Waals surface area contributed by atoms with Gasteiger partial charge in [0.2, 0.25) is 11.8 Å². The first-order valence-electron chi connectivity index (χ1n) is 7.71. The average molecular weight is 371 g/mol. The van der Waals surface area contributed by atoms with Crippen LogP contribution in [0.2, 0.25) is 0 Å². The van der Waals surface area contributed by atoms with Gasteiger partial charge in [0.25, 0.3) is 0 Å². The monoisotopic (exact) mass is 371 g/mol. The van der Waals surface area contributed by atoms with Crippen molar-refractivity contribution >= 4 is 29.5 Å². The first kappa shape index (κ1) is 17.6. The number of carbonyl (C=O) groups is 3. The molecular formula is C16H19N3O5S. The van der Waals surface area contributed by atoms with Gasteiger partial charge in [0.15, 0.2) is 0 Å².